The Kier molecular flexibility index (Phi) is 5.87. The van der Waals surface area contributed by atoms with Crippen LogP contribution in [0.15, 0.2) is 24.3 Å². The van der Waals surface area contributed by atoms with Gasteiger partial charge in [0.05, 0.1) is 0 Å². The number of hydrogen-bond acceptors (Lipinski definition) is 5. The number of carbonyl (C=O) groups is 1. The third-order valence-corrected chi connectivity index (χ3v) is 3.69. The van der Waals surface area contributed by atoms with E-state index in [2.05, 4.69) is 46.6 Å². The first-order valence-electron chi connectivity index (χ1n) is 7.98. The number of benzene rings is 1. The molecular weight excluding hydrogens is 302 g/mol. The molecule has 0 saturated heterocycles. The minimum absolute atomic E-state index is 0.189. The Balaban J connectivity index is 2.12. The minimum Gasteiger partial charge on any atom is -0.349 e. The van der Waals surface area contributed by atoms with Gasteiger partial charge in [-0.3, -0.25) is 4.79 Å². The van der Waals surface area contributed by atoms with Gasteiger partial charge in [0.2, 0.25) is 0 Å². The van der Waals surface area contributed by atoms with Gasteiger partial charge < -0.3 is 15.5 Å². The third kappa shape index (κ3) is 5.03. The van der Waals surface area contributed by atoms with E-state index in [1.165, 1.54) is 11.1 Å². The Hall–Kier alpha value is -2.47. The number of amides is 1. The lowest BCUT2D eigenvalue weighted by atomic mass is 10.1. The minimum atomic E-state index is -0.189. The molecule has 0 unspecified atom stereocenters. The fourth-order valence-electron chi connectivity index (χ4n) is 2.20. The summed E-state index contributed by atoms with van der Waals surface area (Å²) in [6, 6.07) is 7.79. The number of rotatable bonds is 6. The number of aromatic nitrogens is 2. The van der Waals surface area contributed by atoms with E-state index in [-0.39, 0.29) is 5.91 Å². The average molecular weight is 327 g/mol. The predicted octanol–water partition coefficient (Wildman–Crippen LogP) is 2.44. The third-order valence-electron chi connectivity index (χ3n) is 3.69. The summed E-state index contributed by atoms with van der Waals surface area (Å²) in [4.78, 5) is 22.8. The van der Waals surface area contributed by atoms with Crippen LogP contribution in [0.1, 0.15) is 27.4 Å². The van der Waals surface area contributed by atoms with Gasteiger partial charge in [0.15, 0.2) is 0 Å². The van der Waals surface area contributed by atoms with E-state index in [9.17, 15) is 4.79 Å². The molecule has 6 heteroatoms. The zero-order valence-corrected chi connectivity index (χ0v) is 15.0. The molecule has 0 saturated carbocycles. The van der Waals surface area contributed by atoms with Crippen molar-refractivity contribution >= 4 is 17.4 Å². The molecule has 0 bridgehead atoms. The number of nitrogens with one attached hydrogen (secondary N) is 2. The molecule has 2 N–H and O–H groups in total. The molecule has 0 aliphatic heterocycles. The van der Waals surface area contributed by atoms with Crippen molar-refractivity contribution in [2.75, 3.05) is 32.5 Å². The lowest BCUT2D eigenvalue weighted by molar-refractivity contribution is 0.0945. The normalized spacial score (nSPS) is 10.8. The van der Waals surface area contributed by atoms with Gasteiger partial charge in [-0.25, -0.2) is 9.97 Å². The molecule has 2 rings (SSSR count). The SMILES string of the molecule is Cc1nc(Nc2ccc(C)c(C)c2)cc(C(=O)NCCN(C)C)n1. The maximum Gasteiger partial charge on any atom is 0.270 e. The summed E-state index contributed by atoms with van der Waals surface area (Å²) < 4.78 is 0. The van der Waals surface area contributed by atoms with Crippen molar-refractivity contribution in [2.24, 2.45) is 0 Å². The summed E-state index contributed by atoms with van der Waals surface area (Å²) in [6.45, 7) is 7.28. The summed E-state index contributed by atoms with van der Waals surface area (Å²) in [7, 11) is 3.93. The Bertz CT molecular complexity index is 727. The van der Waals surface area contributed by atoms with Crippen molar-refractivity contribution in [3.05, 3.63) is 46.9 Å². The second-order valence-electron chi connectivity index (χ2n) is 6.17. The van der Waals surface area contributed by atoms with Crippen LogP contribution in [0.4, 0.5) is 11.5 Å². The van der Waals surface area contributed by atoms with Gasteiger partial charge in [-0.1, -0.05) is 6.07 Å². The maximum absolute atomic E-state index is 12.2. The quantitative estimate of drug-likeness (QED) is 0.853. The van der Waals surface area contributed by atoms with Gasteiger partial charge in [0.25, 0.3) is 5.91 Å². The molecule has 128 valence electrons. The highest BCUT2D eigenvalue weighted by atomic mass is 16.1. The van der Waals surface area contributed by atoms with Crippen LogP contribution in [0, 0.1) is 20.8 Å². The van der Waals surface area contributed by atoms with Crippen LogP contribution in [-0.4, -0.2) is 48.0 Å². The number of aryl methyl sites for hydroxylation is 3. The van der Waals surface area contributed by atoms with Crippen molar-refractivity contribution < 1.29 is 4.79 Å². The molecule has 0 aliphatic rings. The van der Waals surface area contributed by atoms with Crippen LogP contribution < -0.4 is 10.6 Å². The van der Waals surface area contributed by atoms with Gasteiger partial charge in [-0.05, 0) is 58.1 Å². The molecule has 0 fully saturated rings. The van der Waals surface area contributed by atoms with Crippen molar-refractivity contribution in [3.63, 3.8) is 0 Å². The Morgan fingerprint density at radius 1 is 1.08 bits per heavy atom. The molecule has 0 spiro atoms. The summed E-state index contributed by atoms with van der Waals surface area (Å²) >= 11 is 0. The fraction of sp³-hybridized carbons (Fsp3) is 0.389. The van der Waals surface area contributed by atoms with Crippen molar-refractivity contribution in [1.82, 2.24) is 20.2 Å². The van der Waals surface area contributed by atoms with E-state index in [0.29, 0.717) is 23.9 Å². The smallest absolute Gasteiger partial charge is 0.270 e. The van der Waals surface area contributed by atoms with Gasteiger partial charge in [0.1, 0.15) is 17.3 Å². The zero-order chi connectivity index (χ0) is 17.7. The van der Waals surface area contributed by atoms with Crippen molar-refractivity contribution in [2.45, 2.75) is 20.8 Å². The first-order chi connectivity index (χ1) is 11.3. The fourth-order valence-corrected chi connectivity index (χ4v) is 2.20. The number of hydrogen-bond donors (Lipinski definition) is 2. The summed E-state index contributed by atoms with van der Waals surface area (Å²) in [5, 5.41) is 6.11. The van der Waals surface area contributed by atoms with Gasteiger partial charge in [0, 0.05) is 24.8 Å². The van der Waals surface area contributed by atoms with Crippen molar-refractivity contribution in [3.8, 4) is 0 Å². The second-order valence-corrected chi connectivity index (χ2v) is 6.17. The molecular formula is C18H25N5O. The van der Waals surface area contributed by atoms with Crippen molar-refractivity contribution in [1.29, 1.82) is 0 Å². The summed E-state index contributed by atoms with van der Waals surface area (Å²) in [5.41, 5.74) is 3.75. The van der Waals surface area contributed by atoms with E-state index in [0.717, 1.165) is 12.2 Å². The highest BCUT2D eigenvalue weighted by molar-refractivity contribution is 5.93. The van der Waals surface area contributed by atoms with Crippen LogP contribution in [0.2, 0.25) is 0 Å². The largest absolute Gasteiger partial charge is 0.349 e. The highest BCUT2D eigenvalue weighted by Crippen LogP contribution is 2.19. The second kappa shape index (κ2) is 7.88. The first-order valence-corrected chi connectivity index (χ1v) is 7.98. The summed E-state index contributed by atoms with van der Waals surface area (Å²) in [6.07, 6.45) is 0. The lowest BCUT2D eigenvalue weighted by Crippen LogP contribution is -2.32. The molecule has 6 nitrogen and oxygen atoms in total. The van der Waals surface area contributed by atoms with Crippen LogP contribution in [0.3, 0.4) is 0 Å². The molecule has 24 heavy (non-hydrogen) atoms. The van der Waals surface area contributed by atoms with Crippen LogP contribution in [0.25, 0.3) is 0 Å². The van der Waals surface area contributed by atoms with Gasteiger partial charge in [-0.15, -0.1) is 0 Å². The summed E-state index contributed by atoms with van der Waals surface area (Å²) in [5.74, 6) is 0.982. The van der Waals surface area contributed by atoms with E-state index in [4.69, 9.17) is 0 Å². The molecule has 0 aliphatic carbocycles. The molecule has 1 heterocycles. The lowest BCUT2D eigenvalue weighted by Gasteiger charge is -2.12. The highest BCUT2D eigenvalue weighted by Gasteiger charge is 2.10. The monoisotopic (exact) mass is 327 g/mol. The van der Waals surface area contributed by atoms with Crippen LogP contribution in [0.5, 0.6) is 0 Å². The predicted molar refractivity (Wildman–Crippen MR) is 96.9 cm³/mol. The number of anilines is 2. The maximum atomic E-state index is 12.2. The van der Waals surface area contributed by atoms with E-state index < -0.39 is 0 Å². The molecule has 1 aromatic carbocycles. The Morgan fingerprint density at radius 2 is 1.83 bits per heavy atom. The molecule has 1 aromatic heterocycles. The Labute approximate surface area is 143 Å². The topological polar surface area (TPSA) is 70.2 Å². The molecule has 0 atom stereocenters. The number of likely N-dealkylation sites (N-methyl/N-ethyl adjacent to an activating group) is 1. The number of nitrogens with zero attached hydrogens (tertiary/aromatic N) is 3. The zero-order valence-electron chi connectivity index (χ0n) is 15.0. The first kappa shape index (κ1) is 17.9. The molecule has 1 amide bonds. The van der Waals surface area contributed by atoms with E-state index in [1.807, 2.05) is 25.1 Å². The molecule has 2 aromatic rings. The molecule has 0 radical (unpaired) electrons. The van der Waals surface area contributed by atoms with E-state index >= 15 is 0 Å². The van der Waals surface area contributed by atoms with Gasteiger partial charge >= 0.3 is 0 Å². The standard InChI is InChI=1S/C18H25N5O/c1-12-6-7-15(10-13(12)2)22-17-11-16(20-14(3)21-17)18(24)19-8-9-23(4)5/h6-7,10-11H,8-9H2,1-5H3,(H,19,24)(H,20,21,22). The number of carbonyl (C=O) groups excluding carboxylic acids is 1. The average Bonchev–Trinajstić information content (AvgIpc) is 2.50. The van der Waals surface area contributed by atoms with Crippen LogP contribution >= 0.6 is 0 Å². The van der Waals surface area contributed by atoms with Crippen LogP contribution in [-0.2, 0) is 0 Å². The Morgan fingerprint density at radius 3 is 2.50 bits per heavy atom. The van der Waals surface area contributed by atoms with Gasteiger partial charge in [-0.2, -0.15) is 0 Å². The van der Waals surface area contributed by atoms with E-state index in [1.54, 1.807) is 13.0 Å².